The van der Waals surface area contributed by atoms with Crippen molar-refractivity contribution in [2.75, 3.05) is 45.9 Å². The summed E-state index contributed by atoms with van der Waals surface area (Å²) in [7, 11) is 0. The van der Waals surface area contributed by atoms with Crippen molar-refractivity contribution in [1.82, 2.24) is 9.80 Å². The van der Waals surface area contributed by atoms with Crippen LogP contribution in [-0.2, 0) is 0 Å². The highest BCUT2D eigenvalue weighted by atomic mass is 16.3. The average molecular weight is 226 g/mol. The molecule has 2 saturated heterocycles. The SMILES string of the molecule is OCCCN1CCC(CN2CCCC2)CC1. The van der Waals surface area contributed by atoms with E-state index in [0.29, 0.717) is 6.61 Å². The molecule has 0 aromatic carbocycles. The van der Waals surface area contributed by atoms with Crippen molar-refractivity contribution in [3.63, 3.8) is 0 Å². The number of aliphatic hydroxyl groups excluding tert-OH is 1. The Bertz CT molecular complexity index is 184. The lowest BCUT2D eigenvalue weighted by Gasteiger charge is -2.33. The molecular formula is C13H26N2O. The molecule has 2 aliphatic rings. The van der Waals surface area contributed by atoms with E-state index >= 15 is 0 Å². The van der Waals surface area contributed by atoms with Gasteiger partial charge in [0.2, 0.25) is 0 Å². The molecule has 0 aliphatic carbocycles. The number of piperidine rings is 1. The molecule has 2 fully saturated rings. The standard InChI is InChI=1S/C13H26N2O/c16-11-3-8-14-9-4-13(5-10-14)12-15-6-1-2-7-15/h13,16H,1-12H2. The molecule has 0 radical (unpaired) electrons. The van der Waals surface area contributed by atoms with Gasteiger partial charge in [0.15, 0.2) is 0 Å². The van der Waals surface area contributed by atoms with Gasteiger partial charge in [-0.2, -0.15) is 0 Å². The quantitative estimate of drug-likeness (QED) is 0.762. The van der Waals surface area contributed by atoms with Crippen LogP contribution in [0.2, 0.25) is 0 Å². The number of likely N-dealkylation sites (tertiary alicyclic amines) is 2. The van der Waals surface area contributed by atoms with Crippen molar-refractivity contribution in [1.29, 1.82) is 0 Å². The summed E-state index contributed by atoms with van der Waals surface area (Å²) in [4.78, 5) is 5.16. The molecule has 0 unspecified atom stereocenters. The third kappa shape index (κ3) is 3.72. The summed E-state index contributed by atoms with van der Waals surface area (Å²) in [6.07, 6.45) is 6.49. The van der Waals surface area contributed by atoms with Gasteiger partial charge >= 0.3 is 0 Å². The minimum absolute atomic E-state index is 0.341. The molecule has 2 aliphatic heterocycles. The number of rotatable bonds is 5. The summed E-state index contributed by atoms with van der Waals surface area (Å²) < 4.78 is 0. The van der Waals surface area contributed by atoms with Crippen molar-refractivity contribution in [3.8, 4) is 0 Å². The first kappa shape index (κ1) is 12.3. The molecule has 3 heteroatoms. The first-order chi connectivity index (χ1) is 7.88. The Balaban J connectivity index is 1.60. The van der Waals surface area contributed by atoms with Gasteiger partial charge in [-0.25, -0.2) is 0 Å². The summed E-state index contributed by atoms with van der Waals surface area (Å²) in [6, 6.07) is 0. The molecule has 3 nitrogen and oxygen atoms in total. The lowest BCUT2D eigenvalue weighted by Crippen LogP contribution is -2.38. The first-order valence-electron chi connectivity index (χ1n) is 6.94. The van der Waals surface area contributed by atoms with Crippen molar-refractivity contribution in [2.24, 2.45) is 5.92 Å². The normalized spacial score (nSPS) is 25.3. The molecule has 0 atom stereocenters. The molecule has 0 amide bonds. The van der Waals surface area contributed by atoms with Gasteiger partial charge in [0.25, 0.3) is 0 Å². The fourth-order valence-electron chi connectivity index (χ4n) is 3.02. The molecular weight excluding hydrogens is 200 g/mol. The van der Waals surface area contributed by atoms with E-state index < -0.39 is 0 Å². The fourth-order valence-corrected chi connectivity index (χ4v) is 3.02. The van der Waals surface area contributed by atoms with Crippen molar-refractivity contribution >= 4 is 0 Å². The molecule has 0 spiro atoms. The Morgan fingerprint density at radius 3 is 2.25 bits per heavy atom. The van der Waals surface area contributed by atoms with Gasteiger partial charge in [-0.1, -0.05) is 0 Å². The van der Waals surface area contributed by atoms with Crippen LogP contribution in [0.5, 0.6) is 0 Å². The summed E-state index contributed by atoms with van der Waals surface area (Å²) >= 11 is 0. The van der Waals surface area contributed by atoms with Crippen LogP contribution in [-0.4, -0.2) is 60.8 Å². The lowest BCUT2D eigenvalue weighted by molar-refractivity contribution is 0.144. The second kappa shape index (κ2) is 6.58. The Morgan fingerprint density at radius 2 is 1.62 bits per heavy atom. The van der Waals surface area contributed by atoms with Gasteiger partial charge in [-0.3, -0.25) is 0 Å². The van der Waals surface area contributed by atoms with E-state index in [0.717, 1.165) is 18.9 Å². The van der Waals surface area contributed by atoms with E-state index in [1.807, 2.05) is 0 Å². The second-order valence-electron chi connectivity index (χ2n) is 5.37. The zero-order chi connectivity index (χ0) is 11.2. The Kier molecular flexibility index (Phi) is 5.07. The van der Waals surface area contributed by atoms with Crippen LogP contribution in [0.1, 0.15) is 32.1 Å². The van der Waals surface area contributed by atoms with E-state index in [9.17, 15) is 0 Å². The Morgan fingerprint density at radius 1 is 0.938 bits per heavy atom. The molecule has 94 valence electrons. The maximum absolute atomic E-state index is 8.81. The third-order valence-electron chi connectivity index (χ3n) is 4.05. The van der Waals surface area contributed by atoms with Gasteiger partial charge in [0.05, 0.1) is 0 Å². The largest absolute Gasteiger partial charge is 0.396 e. The third-order valence-corrected chi connectivity index (χ3v) is 4.05. The van der Waals surface area contributed by atoms with Gasteiger partial charge in [-0.15, -0.1) is 0 Å². The monoisotopic (exact) mass is 226 g/mol. The van der Waals surface area contributed by atoms with Crippen LogP contribution in [0.15, 0.2) is 0 Å². The van der Waals surface area contributed by atoms with Crippen LogP contribution in [0.4, 0.5) is 0 Å². The summed E-state index contributed by atoms with van der Waals surface area (Å²) in [6.45, 7) is 7.95. The maximum Gasteiger partial charge on any atom is 0.0443 e. The molecule has 2 heterocycles. The van der Waals surface area contributed by atoms with Crippen LogP contribution in [0, 0.1) is 5.92 Å². The highest BCUT2D eigenvalue weighted by molar-refractivity contribution is 4.77. The van der Waals surface area contributed by atoms with Crippen LogP contribution >= 0.6 is 0 Å². The fraction of sp³-hybridized carbons (Fsp3) is 1.00. The average Bonchev–Trinajstić information content (AvgIpc) is 2.81. The first-order valence-corrected chi connectivity index (χ1v) is 6.94. The van der Waals surface area contributed by atoms with Gasteiger partial charge in [0, 0.05) is 19.7 Å². The van der Waals surface area contributed by atoms with E-state index in [1.165, 1.54) is 58.4 Å². The summed E-state index contributed by atoms with van der Waals surface area (Å²) in [5.41, 5.74) is 0. The molecule has 0 aromatic rings. The zero-order valence-electron chi connectivity index (χ0n) is 10.4. The van der Waals surface area contributed by atoms with Gasteiger partial charge < -0.3 is 14.9 Å². The molecule has 2 rings (SSSR count). The summed E-state index contributed by atoms with van der Waals surface area (Å²) in [5, 5.41) is 8.81. The maximum atomic E-state index is 8.81. The number of nitrogens with zero attached hydrogens (tertiary/aromatic N) is 2. The van der Waals surface area contributed by atoms with E-state index in [1.54, 1.807) is 0 Å². The van der Waals surface area contributed by atoms with Crippen LogP contribution < -0.4 is 0 Å². The number of hydrogen-bond acceptors (Lipinski definition) is 3. The molecule has 0 bridgehead atoms. The Labute approximate surface area is 99.4 Å². The van der Waals surface area contributed by atoms with Crippen LogP contribution in [0.25, 0.3) is 0 Å². The molecule has 1 N–H and O–H groups in total. The van der Waals surface area contributed by atoms with E-state index in [-0.39, 0.29) is 0 Å². The topological polar surface area (TPSA) is 26.7 Å². The van der Waals surface area contributed by atoms with Crippen molar-refractivity contribution < 1.29 is 5.11 Å². The Hall–Kier alpha value is -0.120. The summed E-state index contributed by atoms with van der Waals surface area (Å²) in [5.74, 6) is 0.934. The number of hydrogen-bond donors (Lipinski definition) is 1. The molecule has 0 aromatic heterocycles. The minimum atomic E-state index is 0.341. The second-order valence-corrected chi connectivity index (χ2v) is 5.37. The predicted molar refractivity (Wildman–Crippen MR) is 66.5 cm³/mol. The highest BCUT2D eigenvalue weighted by Gasteiger charge is 2.22. The van der Waals surface area contributed by atoms with Crippen molar-refractivity contribution in [3.05, 3.63) is 0 Å². The van der Waals surface area contributed by atoms with Crippen LogP contribution in [0.3, 0.4) is 0 Å². The lowest BCUT2D eigenvalue weighted by atomic mass is 9.96. The van der Waals surface area contributed by atoms with Gasteiger partial charge in [-0.05, 0) is 64.2 Å². The zero-order valence-corrected chi connectivity index (χ0v) is 10.4. The smallest absolute Gasteiger partial charge is 0.0443 e. The number of aliphatic hydroxyl groups is 1. The highest BCUT2D eigenvalue weighted by Crippen LogP contribution is 2.20. The molecule has 16 heavy (non-hydrogen) atoms. The van der Waals surface area contributed by atoms with E-state index in [2.05, 4.69) is 9.80 Å². The van der Waals surface area contributed by atoms with Gasteiger partial charge in [0.1, 0.15) is 0 Å². The predicted octanol–water partition coefficient (Wildman–Crippen LogP) is 1.18. The molecule has 0 saturated carbocycles. The van der Waals surface area contributed by atoms with Crippen molar-refractivity contribution in [2.45, 2.75) is 32.1 Å². The minimum Gasteiger partial charge on any atom is -0.396 e. The van der Waals surface area contributed by atoms with E-state index in [4.69, 9.17) is 5.11 Å².